The maximum Gasteiger partial charge on any atom is 0.269 e. The number of aromatic nitrogens is 1. The van der Waals surface area contributed by atoms with E-state index in [1.807, 2.05) is 31.3 Å². The maximum atomic E-state index is 11.1. The van der Waals surface area contributed by atoms with E-state index in [2.05, 4.69) is 14.8 Å². The summed E-state index contributed by atoms with van der Waals surface area (Å²) in [5.74, 6) is 0. The highest BCUT2D eigenvalue weighted by atomic mass is 32.1. The van der Waals surface area contributed by atoms with Crippen molar-refractivity contribution in [1.82, 2.24) is 14.8 Å². The molecule has 120 valence electrons. The lowest BCUT2D eigenvalue weighted by molar-refractivity contribution is -0.384. The maximum absolute atomic E-state index is 11.1. The van der Waals surface area contributed by atoms with Gasteiger partial charge in [0.25, 0.3) is 5.69 Å². The van der Waals surface area contributed by atoms with Crippen molar-refractivity contribution in [3.63, 3.8) is 0 Å². The number of nitrogens with one attached hydrogen (secondary N) is 1. The van der Waals surface area contributed by atoms with Crippen molar-refractivity contribution in [2.24, 2.45) is 0 Å². The Balaban J connectivity index is 2.05. The summed E-state index contributed by atoms with van der Waals surface area (Å²) in [6.45, 7) is 4.36. The summed E-state index contributed by atoms with van der Waals surface area (Å²) in [6.07, 6.45) is 2.04. The second-order valence-corrected chi connectivity index (χ2v) is 5.80. The van der Waals surface area contributed by atoms with Gasteiger partial charge in [-0.2, -0.15) is 0 Å². The van der Waals surface area contributed by atoms with Crippen LogP contribution >= 0.6 is 12.2 Å². The molecule has 1 aliphatic rings. The molecule has 0 unspecified atom stereocenters. The molecule has 1 aromatic heterocycles. The molecular formula is C16H18N4O2S. The minimum absolute atomic E-state index is 0.0977. The van der Waals surface area contributed by atoms with Crippen LogP contribution in [-0.4, -0.2) is 32.6 Å². The van der Waals surface area contributed by atoms with E-state index < -0.39 is 0 Å². The van der Waals surface area contributed by atoms with Crippen molar-refractivity contribution >= 4 is 23.0 Å². The van der Waals surface area contributed by atoms with Crippen LogP contribution in [0.5, 0.6) is 0 Å². The molecule has 2 aromatic rings. The predicted molar refractivity (Wildman–Crippen MR) is 92.4 cm³/mol. The average Bonchev–Trinajstić information content (AvgIpc) is 3.02. The van der Waals surface area contributed by atoms with E-state index in [1.165, 1.54) is 6.07 Å². The Hall–Kier alpha value is -2.41. The Morgan fingerprint density at radius 3 is 2.96 bits per heavy atom. The van der Waals surface area contributed by atoms with E-state index in [0.29, 0.717) is 5.11 Å². The molecule has 2 heterocycles. The molecule has 6 nitrogen and oxygen atoms in total. The number of nitro groups is 1. The van der Waals surface area contributed by atoms with E-state index in [4.69, 9.17) is 12.2 Å². The van der Waals surface area contributed by atoms with Crippen molar-refractivity contribution in [3.8, 4) is 0 Å². The highest BCUT2D eigenvalue weighted by Gasteiger charge is 2.31. The lowest BCUT2D eigenvalue weighted by Gasteiger charge is -2.39. The Bertz CT molecular complexity index is 743. The van der Waals surface area contributed by atoms with Crippen molar-refractivity contribution < 1.29 is 4.92 Å². The topological polar surface area (TPSA) is 63.3 Å². The van der Waals surface area contributed by atoms with E-state index in [9.17, 15) is 10.1 Å². The van der Waals surface area contributed by atoms with Gasteiger partial charge in [0, 0.05) is 43.7 Å². The first-order chi connectivity index (χ1) is 11.1. The Labute approximate surface area is 139 Å². The summed E-state index contributed by atoms with van der Waals surface area (Å²) in [4.78, 5) is 12.8. The minimum Gasteiger partial charge on any atom is -0.363 e. The van der Waals surface area contributed by atoms with Crippen LogP contribution in [0.2, 0.25) is 0 Å². The van der Waals surface area contributed by atoms with Gasteiger partial charge < -0.3 is 14.8 Å². The van der Waals surface area contributed by atoms with Gasteiger partial charge in [-0.3, -0.25) is 10.1 Å². The van der Waals surface area contributed by atoms with Gasteiger partial charge in [0.2, 0.25) is 0 Å². The van der Waals surface area contributed by atoms with Crippen LogP contribution in [-0.2, 0) is 6.54 Å². The van der Waals surface area contributed by atoms with Gasteiger partial charge in [0.1, 0.15) is 0 Å². The van der Waals surface area contributed by atoms with Crippen molar-refractivity contribution in [2.75, 3.05) is 13.1 Å². The highest BCUT2D eigenvalue weighted by Crippen LogP contribution is 2.33. The zero-order valence-electron chi connectivity index (χ0n) is 12.8. The summed E-state index contributed by atoms with van der Waals surface area (Å²) in [5, 5.41) is 15.0. The molecule has 1 aliphatic heterocycles. The van der Waals surface area contributed by atoms with Gasteiger partial charge in [-0.05, 0) is 36.8 Å². The first kappa shape index (κ1) is 15.5. The fraction of sp³-hybridized carbons (Fsp3) is 0.312. The van der Waals surface area contributed by atoms with Crippen LogP contribution in [0.25, 0.3) is 0 Å². The van der Waals surface area contributed by atoms with Crippen LogP contribution in [0.1, 0.15) is 24.2 Å². The normalized spacial score (nSPS) is 16.7. The SMILES string of the molecule is CCNC(=S)N1CCn2cccc2[C@@H]1c1cccc([N+](=O)[O-])c1. The van der Waals surface area contributed by atoms with Gasteiger partial charge in [-0.25, -0.2) is 0 Å². The number of fused-ring (bicyclic) bond motifs is 1. The lowest BCUT2D eigenvalue weighted by atomic mass is 10.00. The van der Waals surface area contributed by atoms with E-state index in [0.717, 1.165) is 30.9 Å². The van der Waals surface area contributed by atoms with Gasteiger partial charge in [0.05, 0.1) is 11.0 Å². The molecule has 23 heavy (non-hydrogen) atoms. The first-order valence-electron chi connectivity index (χ1n) is 7.55. The quantitative estimate of drug-likeness (QED) is 0.532. The third kappa shape index (κ3) is 2.92. The zero-order valence-corrected chi connectivity index (χ0v) is 13.6. The number of thiocarbonyl (C=S) groups is 1. The fourth-order valence-electron chi connectivity index (χ4n) is 3.01. The molecule has 3 rings (SSSR count). The highest BCUT2D eigenvalue weighted by molar-refractivity contribution is 7.80. The van der Waals surface area contributed by atoms with E-state index >= 15 is 0 Å². The molecule has 0 radical (unpaired) electrons. The molecule has 7 heteroatoms. The molecule has 0 amide bonds. The summed E-state index contributed by atoms with van der Waals surface area (Å²) in [6, 6.07) is 10.7. The lowest BCUT2D eigenvalue weighted by Crippen LogP contribution is -2.47. The molecule has 1 N–H and O–H groups in total. The summed E-state index contributed by atoms with van der Waals surface area (Å²) in [5.41, 5.74) is 2.07. The molecule has 1 aromatic carbocycles. The first-order valence-corrected chi connectivity index (χ1v) is 7.96. The molecule has 0 saturated carbocycles. The van der Waals surface area contributed by atoms with Crippen molar-refractivity contribution in [1.29, 1.82) is 0 Å². The van der Waals surface area contributed by atoms with Gasteiger partial charge in [0.15, 0.2) is 5.11 Å². The van der Waals surface area contributed by atoms with Gasteiger partial charge >= 0.3 is 0 Å². The molecule has 0 spiro atoms. The minimum atomic E-state index is -0.363. The number of hydrogen-bond donors (Lipinski definition) is 1. The Morgan fingerprint density at radius 1 is 1.39 bits per heavy atom. The Morgan fingerprint density at radius 2 is 2.22 bits per heavy atom. The van der Waals surface area contributed by atoms with Crippen molar-refractivity contribution in [2.45, 2.75) is 19.5 Å². The molecular weight excluding hydrogens is 312 g/mol. The largest absolute Gasteiger partial charge is 0.363 e. The zero-order chi connectivity index (χ0) is 16.4. The average molecular weight is 330 g/mol. The number of nitro benzene ring substituents is 1. The molecule has 1 atom stereocenters. The smallest absolute Gasteiger partial charge is 0.269 e. The van der Waals surface area contributed by atoms with E-state index in [-0.39, 0.29) is 16.7 Å². The van der Waals surface area contributed by atoms with Crippen LogP contribution in [0.3, 0.4) is 0 Å². The third-order valence-electron chi connectivity index (χ3n) is 4.02. The number of benzene rings is 1. The van der Waals surface area contributed by atoms with Crippen LogP contribution < -0.4 is 5.32 Å². The second-order valence-electron chi connectivity index (χ2n) is 5.41. The molecule has 0 bridgehead atoms. The van der Waals surface area contributed by atoms with Gasteiger partial charge in [-0.1, -0.05) is 12.1 Å². The van der Waals surface area contributed by atoms with Gasteiger partial charge in [-0.15, -0.1) is 0 Å². The van der Waals surface area contributed by atoms with Crippen LogP contribution in [0.4, 0.5) is 5.69 Å². The molecule has 0 aliphatic carbocycles. The van der Waals surface area contributed by atoms with E-state index in [1.54, 1.807) is 12.1 Å². The van der Waals surface area contributed by atoms with Crippen LogP contribution in [0, 0.1) is 10.1 Å². The molecule has 0 saturated heterocycles. The fourth-order valence-corrected chi connectivity index (χ4v) is 3.36. The summed E-state index contributed by atoms with van der Waals surface area (Å²) < 4.78 is 2.18. The third-order valence-corrected chi connectivity index (χ3v) is 4.40. The monoisotopic (exact) mass is 330 g/mol. The summed E-state index contributed by atoms with van der Waals surface area (Å²) in [7, 11) is 0. The standard InChI is InChI=1S/C16H18N4O2S/c1-2-17-16(23)19-10-9-18-8-4-7-14(18)15(19)12-5-3-6-13(11-12)20(21)22/h3-8,11,15H,2,9-10H2,1H3,(H,17,23)/t15-/m0/s1. The Kier molecular flexibility index (Phi) is 4.29. The number of non-ortho nitro benzene ring substituents is 1. The number of rotatable bonds is 3. The predicted octanol–water partition coefficient (Wildman–Crippen LogP) is 2.70. The van der Waals surface area contributed by atoms with Crippen LogP contribution in [0.15, 0.2) is 42.6 Å². The molecule has 0 fully saturated rings. The summed E-state index contributed by atoms with van der Waals surface area (Å²) >= 11 is 5.51. The number of hydrogen-bond acceptors (Lipinski definition) is 3. The van der Waals surface area contributed by atoms with Crippen molar-refractivity contribution in [3.05, 3.63) is 64.0 Å². The second kappa shape index (κ2) is 6.37. The number of nitrogens with zero attached hydrogens (tertiary/aromatic N) is 3.